The lowest BCUT2D eigenvalue weighted by molar-refractivity contribution is -0.168. The fourth-order valence-corrected chi connectivity index (χ4v) is 5.29. The maximum Gasteiger partial charge on any atom is 0.311 e. The first-order chi connectivity index (χ1) is 21.2. The van der Waals surface area contributed by atoms with Crippen LogP contribution in [0.1, 0.15) is 79.7 Å². The van der Waals surface area contributed by atoms with E-state index in [1.165, 1.54) is 23.9 Å². The topological polar surface area (TPSA) is 134 Å². The molecular formula is C34H54N4O7. The van der Waals surface area contributed by atoms with Gasteiger partial charge in [-0.05, 0) is 50.3 Å². The summed E-state index contributed by atoms with van der Waals surface area (Å²) < 4.78 is 11.2. The van der Waals surface area contributed by atoms with E-state index >= 15 is 0 Å². The zero-order chi connectivity index (χ0) is 34.0. The van der Waals surface area contributed by atoms with Crippen LogP contribution in [0.5, 0.6) is 5.75 Å². The highest BCUT2D eigenvalue weighted by Gasteiger charge is 2.40. The van der Waals surface area contributed by atoms with E-state index in [2.05, 4.69) is 10.6 Å². The Morgan fingerprint density at radius 2 is 1.51 bits per heavy atom. The van der Waals surface area contributed by atoms with E-state index in [1.807, 2.05) is 46.8 Å². The number of nitrogens with zero attached hydrogens (tertiary/aromatic N) is 2. The van der Waals surface area contributed by atoms with Crippen LogP contribution in [0.2, 0.25) is 0 Å². The number of likely N-dealkylation sites (N-methyl/N-ethyl adjacent to an activating group) is 2. The van der Waals surface area contributed by atoms with Gasteiger partial charge in [0, 0.05) is 32.5 Å². The summed E-state index contributed by atoms with van der Waals surface area (Å²) in [5, 5.41) is 5.84. The monoisotopic (exact) mass is 630 g/mol. The van der Waals surface area contributed by atoms with Gasteiger partial charge in [-0.1, -0.05) is 59.6 Å². The van der Waals surface area contributed by atoms with Crippen molar-refractivity contribution in [1.82, 2.24) is 20.4 Å². The van der Waals surface area contributed by atoms with Gasteiger partial charge in [-0.25, -0.2) is 0 Å². The van der Waals surface area contributed by atoms with E-state index in [1.54, 1.807) is 33.1 Å². The number of carbonyl (C=O) groups is 5. The molecule has 1 aliphatic heterocycles. The van der Waals surface area contributed by atoms with E-state index in [9.17, 15) is 24.0 Å². The van der Waals surface area contributed by atoms with Crippen molar-refractivity contribution in [2.45, 2.75) is 111 Å². The highest BCUT2D eigenvalue weighted by Crippen LogP contribution is 2.23. The van der Waals surface area contributed by atoms with Gasteiger partial charge in [-0.15, -0.1) is 0 Å². The molecule has 0 radical (unpaired) electrons. The molecule has 0 aliphatic carbocycles. The molecule has 7 unspecified atom stereocenters. The number of amides is 4. The lowest BCUT2D eigenvalue weighted by atomic mass is 9.94. The molecule has 1 saturated heterocycles. The summed E-state index contributed by atoms with van der Waals surface area (Å²) in [6.45, 7) is 12.7. The number of benzene rings is 1. The summed E-state index contributed by atoms with van der Waals surface area (Å²) in [6.07, 6.45) is 1.68. The molecule has 1 fully saturated rings. The van der Waals surface area contributed by atoms with E-state index in [0.717, 1.165) is 18.4 Å². The Morgan fingerprint density at radius 1 is 0.889 bits per heavy atom. The first-order valence-corrected chi connectivity index (χ1v) is 16.2. The SMILES string of the molecule is CCCCC1NC(=O)C(C)N(C)C(=O)C(C(C)C)NC(=O)C(Cc2ccc(OC)cc2)N(C)C(=O)C(C(C)CC)OC(=O)C1C. The van der Waals surface area contributed by atoms with Crippen LogP contribution in [0.25, 0.3) is 0 Å². The van der Waals surface area contributed by atoms with Gasteiger partial charge in [-0.3, -0.25) is 24.0 Å². The summed E-state index contributed by atoms with van der Waals surface area (Å²) >= 11 is 0. The second-order valence-electron chi connectivity index (χ2n) is 12.7. The number of rotatable bonds is 9. The van der Waals surface area contributed by atoms with Crippen molar-refractivity contribution in [3.63, 3.8) is 0 Å². The van der Waals surface area contributed by atoms with Gasteiger partial charge in [0.05, 0.1) is 13.0 Å². The van der Waals surface area contributed by atoms with E-state index in [4.69, 9.17) is 9.47 Å². The van der Waals surface area contributed by atoms with Crippen molar-refractivity contribution in [1.29, 1.82) is 0 Å². The largest absolute Gasteiger partial charge is 0.497 e. The number of nitrogens with one attached hydrogen (secondary N) is 2. The Labute approximate surface area is 268 Å². The number of hydrogen-bond donors (Lipinski definition) is 2. The molecule has 0 spiro atoms. The molecule has 11 nitrogen and oxygen atoms in total. The van der Waals surface area contributed by atoms with Crippen molar-refractivity contribution in [2.75, 3.05) is 21.2 Å². The van der Waals surface area contributed by atoms with Crippen molar-refractivity contribution in [3.8, 4) is 5.75 Å². The van der Waals surface area contributed by atoms with Crippen LogP contribution in [-0.2, 0) is 35.1 Å². The third kappa shape index (κ3) is 9.68. The Kier molecular flexibility index (Phi) is 14.3. The zero-order valence-corrected chi connectivity index (χ0v) is 28.7. The van der Waals surface area contributed by atoms with Crippen LogP contribution in [0.4, 0.5) is 0 Å². The third-order valence-corrected chi connectivity index (χ3v) is 9.06. The van der Waals surface area contributed by atoms with Gasteiger partial charge in [0.15, 0.2) is 6.10 Å². The number of unbranched alkanes of at least 4 members (excludes halogenated alkanes) is 1. The molecule has 2 rings (SSSR count). The molecule has 1 heterocycles. The Bertz CT molecular complexity index is 1170. The lowest BCUT2D eigenvalue weighted by Crippen LogP contribution is -2.60. The van der Waals surface area contributed by atoms with Crippen LogP contribution in [-0.4, -0.2) is 90.9 Å². The smallest absolute Gasteiger partial charge is 0.311 e. The quantitative estimate of drug-likeness (QED) is 0.400. The number of ether oxygens (including phenoxy) is 2. The average molecular weight is 631 g/mol. The van der Waals surface area contributed by atoms with Gasteiger partial charge in [0.1, 0.15) is 23.9 Å². The highest BCUT2D eigenvalue weighted by molar-refractivity contribution is 5.95. The molecule has 45 heavy (non-hydrogen) atoms. The van der Waals surface area contributed by atoms with Crippen LogP contribution in [0.3, 0.4) is 0 Å². The molecule has 0 saturated carbocycles. The molecule has 7 atom stereocenters. The minimum atomic E-state index is -1.15. The molecule has 11 heteroatoms. The standard InChI is InChI=1S/C34H54N4O7/c1-11-13-14-26-22(6)34(43)45-29(21(5)12-2)33(42)38(9)27(19-24-15-17-25(44-10)18-16-24)31(40)36-28(20(3)4)32(41)37(8)23(7)30(39)35-26/h15-18,20-23,26-29H,11-14,19H2,1-10H3,(H,35,39)(H,36,40). The maximum absolute atomic E-state index is 14.1. The van der Waals surface area contributed by atoms with Crippen LogP contribution >= 0.6 is 0 Å². The summed E-state index contributed by atoms with van der Waals surface area (Å²) in [4.78, 5) is 71.6. The van der Waals surface area contributed by atoms with Crippen molar-refractivity contribution >= 4 is 29.6 Å². The van der Waals surface area contributed by atoms with Gasteiger partial charge < -0.3 is 29.9 Å². The third-order valence-electron chi connectivity index (χ3n) is 9.06. The number of cyclic esters (lactones) is 1. The average Bonchev–Trinajstić information content (AvgIpc) is 3.03. The normalized spacial score (nSPS) is 26.8. The zero-order valence-electron chi connectivity index (χ0n) is 28.7. The predicted molar refractivity (Wildman–Crippen MR) is 172 cm³/mol. The molecule has 0 aromatic heterocycles. The molecule has 1 aromatic rings. The number of hydrogen-bond acceptors (Lipinski definition) is 7. The molecule has 1 aromatic carbocycles. The Morgan fingerprint density at radius 3 is 2.04 bits per heavy atom. The van der Waals surface area contributed by atoms with Gasteiger partial charge in [0.25, 0.3) is 5.91 Å². The fourth-order valence-electron chi connectivity index (χ4n) is 5.29. The van der Waals surface area contributed by atoms with Crippen LogP contribution < -0.4 is 15.4 Å². The highest BCUT2D eigenvalue weighted by atomic mass is 16.5. The summed E-state index contributed by atoms with van der Waals surface area (Å²) in [7, 11) is 4.61. The second-order valence-corrected chi connectivity index (χ2v) is 12.7. The van der Waals surface area contributed by atoms with Crippen molar-refractivity contribution < 1.29 is 33.4 Å². The van der Waals surface area contributed by atoms with E-state index in [-0.39, 0.29) is 18.3 Å². The van der Waals surface area contributed by atoms with Crippen LogP contribution in [0, 0.1) is 17.8 Å². The molecule has 4 amide bonds. The molecule has 1 aliphatic rings. The first kappa shape index (κ1) is 37.6. The second kappa shape index (κ2) is 17.2. The Balaban J connectivity index is 2.66. The summed E-state index contributed by atoms with van der Waals surface area (Å²) in [6, 6.07) is 3.75. The molecule has 252 valence electrons. The number of esters is 1. The predicted octanol–water partition coefficient (Wildman–Crippen LogP) is 3.34. The molecule has 2 N–H and O–H groups in total. The minimum absolute atomic E-state index is 0.141. The maximum atomic E-state index is 14.1. The Hall–Kier alpha value is -3.63. The number of methoxy groups -OCH3 is 1. The minimum Gasteiger partial charge on any atom is -0.497 e. The van der Waals surface area contributed by atoms with E-state index < -0.39 is 65.8 Å². The van der Waals surface area contributed by atoms with Gasteiger partial charge in [-0.2, -0.15) is 0 Å². The van der Waals surface area contributed by atoms with Gasteiger partial charge >= 0.3 is 5.97 Å². The fraction of sp³-hybridized carbons (Fsp3) is 0.676. The summed E-state index contributed by atoms with van der Waals surface area (Å²) in [5.74, 6) is -3.27. The van der Waals surface area contributed by atoms with Crippen molar-refractivity contribution in [2.24, 2.45) is 17.8 Å². The van der Waals surface area contributed by atoms with Crippen molar-refractivity contribution in [3.05, 3.63) is 29.8 Å². The number of carbonyl (C=O) groups excluding carboxylic acids is 5. The lowest BCUT2D eigenvalue weighted by Gasteiger charge is -2.36. The van der Waals surface area contributed by atoms with Crippen LogP contribution in [0.15, 0.2) is 24.3 Å². The van der Waals surface area contributed by atoms with E-state index in [0.29, 0.717) is 18.6 Å². The molecular weight excluding hydrogens is 576 g/mol. The first-order valence-electron chi connectivity index (χ1n) is 16.2. The molecule has 0 bridgehead atoms. The summed E-state index contributed by atoms with van der Waals surface area (Å²) in [5.41, 5.74) is 0.768. The van der Waals surface area contributed by atoms with Gasteiger partial charge in [0.2, 0.25) is 17.7 Å².